The maximum absolute atomic E-state index is 6.05. The van der Waals surface area contributed by atoms with E-state index in [4.69, 9.17) is 4.74 Å². The number of benzene rings is 1. The Labute approximate surface area is 123 Å². The van der Waals surface area contributed by atoms with Gasteiger partial charge in [-0.15, -0.1) is 0 Å². The molecule has 0 aliphatic carbocycles. The summed E-state index contributed by atoms with van der Waals surface area (Å²) in [5.74, 6) is 0. The number of nitrogens with zero attached hydrogens (tertiary/aromatic N) is 1. The minimum atomic E-state index is 0.230. The fraction of sp³-hybridized carbons (Fsp3) is 0.647. The third-order valence-electron chi connectivity index (χ3n) is 4.23. The molecule has 0 amide bonds. The Morgan fingerprint density at radius 1 is 1.25 bits per heavy atom. The summed E-state index contributed by atoms with van der Waals surface area (Å²) in [6.07, 6.45) is 0.230. The van der Waals surface area contributed by atoms with Gasteiger partial charge >= 0.3 is 0 Å². The molecule has 2 unspecified atom stereocenters. The molecule has 1 aliphatic rings. The highest BCUT2D eigenvalue weighted by Gasteiger charge is 2.33. The number of likely N-dealkylation sites (N-methyl/N-ethyl adjacent to an activating group) is 2. The number of hydrogen-bond acceptors (Lipinski definition) is 3. The second-order valence-corrected chi connectivity index (χ2v) is 5.95. The van der Waals surface area contributed by atoms with Crippen LogP contribution in [0.25, 0.3) is 0 Å². The van der Waals surface area contributed by atoms with E-state index >= 15 is 0 Å². The van der Waals surface area contributed by atoms with Gasteiger partial charge in [0.2, 0.25) is 0 Å². The maximum atomic E-state index is 6.05. The Hall–Kier alpha value is -0.900. The molecule has 1 aromatic carbocycles. The van der Waals surface area contributed by atoms with Gasteiger partial charge in [-0.2, -0.15) is 0 Å². The summed E-state index contributed by atoms with van der Waals surface area (Å²) in [5, 5.41) is 3.44. The summed E-state index contributed by atoms with van der Waals surface area (Å²) in [7, 11) is 2.21. The van der Waals surface area contributed by atoms with Gasteiger partial charge in [0.1, 0.15) is 0 Å². The van der Waals surface area contributed by atoms with Crippen molar-refractivity contribution in [3.05, 3.63) is 34.4 Å². The van der Waals surface area contributed by atoms with Crippen LogP contribution >= 0.6 is 0 Å². The summed E-state index contributed by atoms with van der Waals surface area (Å²) in [6.45, 7) is 12.5. The maximum Gasteiger partial charge on any atom is 0.0896 e. The molecule has 2 rings (SSSR count). The van der Waals surface area contributed by atoms with Crippen LogP contribution in [0.4, 0.5) is 0 Å². The molecular formula is C17H28N2O. The van der Waals surface area contributed by atoms with Gasteiger partial charge in [0.25, 0.3) is 0 Å². The topological polar surface area (TPSA) is 24.5 Å². The van der Waals surface area contributed by atoms with E-state index in [0.29, 0.717) is 6.04 Å². The van der Waals surface area contributed by atoms with E-state index in [1.165, 1.54) is 22.3 Å². The SMILES string of the molecule is CCNCC1OCCN(C)C1c1c(C)cc(C)cc1C. The van der Waals surface area contributed by atoms with Crippen molar-refractivity contribution in [2.24, 2.45) is 0 Å². The molecule has 1 saturated heterocycles. The van der Waals surface area contributed by atoms with Gasteiger partial charge in [0.05, 0.1) is 18.8 Å². The molecule has 1 aliphatic heterocycles. The van der Waals surface area contributed by atoms with Crippen molar-refractivity contribution in [3.63, 3.8) is 0 Å². The molecule has 0 saturated carbocycles. The highest BCUT2D eigenvalue weighted by molar-refractivity contribution is 5.40. The Balaban J connectivity index is 2.35. The quantitative estimate of drug-likeness (QED) is 0.915. The van der Waals surface area contributed by atoms with Crippen molar-refractivity contribution >= 4 is 0 Å². The molecule has 1 N–H and O–H groups in total. The molecule has 1 aromatic rings. The lowest BCUT2D eigenvalue weighted by molar-refractivity contribution is -0.0615. The Bertz CT molecular complexity index is 435. The highest BCUT2D eigenvalue weighted by Crippen LogP contribution is 2.33. The smallest absolute Gasteiger partial charge is 0.0896 e. The summed E-state index contributed by atoms with van der Waals surface area (Å²) in [5.41, 5.74) is 5.55. The first-order valence-corrected chi connectivity index (χ1v) is 7.65. The molecule has 3 heteroatoms. The first-order chi connectivity index (χ1) is 9.54. The van der Waals surface area contributed by atoms with Crippen molar-refractivity contribution in [2.45, 2.75) is 39.8 Å². The molecule has 1 heterocycles. The van der Waals surface area contributed by atoms with Crippen LogP contribution in [0.2, 0.25) is 0 Å². The van der Waals surface area contributed by atoms with Crippen LogP contribution < -0.4 is 5.32 Å². The van der Waals surface area contributed by atoms with Crippen LogP contribution in [0.15, 0.2) is 12.1 Å². The molecule has 3 nitrogen and oxygen atoms in total. The third-order valence-corrected chi connectivity index (χ3v) is 4.23. The largest absolute Gasteiger partial charge is 0.374 e. The normalized spacial score (nSPS) is 24.1. The van der Waals surface area contributed by atoms with Gasteiger partial charge in [0.15, 0.2) is 0 Å². The lowest BCUT2D eigenvalue weighted by Gasteiger charge is -2.41. The van der Waals surface area contributed by atoms with E-state index in [9.17, 15) is 0 Å². The zero-order valence-electron chi connectivity index (χ0n) is 13.5. The van der Waals surface area contributed by atoms with Gasteiger partial charge in [-0.25, -0.2) is 0 Å². The molecule has 2 atom stereocenters. The molecule has 0 aromatic heterocycles. The van der Waals surface area contributed by atoms with E-state index in [-0.39, 0.29) is 6.10 Å². The summed E-state index contributed by atoms with van der Waals surface area (Å²) < 4.78 is 6.05. The van der Waals surface area contributed by atoms with Crippen LogP contribution in [0.3, 0.4) is 0 Å². The lowest BCUT2D eigenvalue weighted by Crippen LogP contribution is -2.47. The average molecular weight is 276 g/mol. The van der Waals surface area contributed by atoms with Crippen molar-refractivity contribution in [3.8, 4) is 0 Å². The van der Waals surface area contributed by atoms with E-state index < -0.39 is 0 Å². The van der Waals surface area contributed by atoms with E-state index in [1.54, 1.807) is 0 Å². The number of aryl methyl sites for hydroxylation is 3. The fourth-order valence-corrected chi connectivity index (χ4v) is 3.38. The van der Waals surface area contributed by atoms with Crippen molar-refractivity contribution in [1.82, 2.24) is 10.2 Å². The third kappa shape index (κ3) is 3.22. The van der Waals surface area contributed by atoms with Crippen LogP contribution in [-0.2, 0) is 4.74 Å². The monoisotopic (exact) mass is 276 g/mol. The van der Waals surface area contributed by atoms with Crippen LogP contribution in [0.1, 0.15) is 35.2 Å². The van der Waals surface area contributed by atoms with Crippen LogP contribution in [0.5, 0.6) is 0 Å². The number of rotatable bonds is 4. The van der Waals surface area contributed by atoms with E-state index in [2.05, 4.69) is 57.1 Å². The minimum absolute atomic E-state index is 0.230. The Morgan fingerprint density at radius 3 is 2.50 bits per heavy atom. The zero-order chi connectivity index (χ0) is 14.7. The predicted molar refractivity (Wildman–Crippen MR) is 84.3 cm³/mol. The van der Waals surface area contributed by atoms with E-state index in [0.717, 1.165) is 26.2 Å². The standard InChI is InChI=1S/C17H28N2O/c1-6-18-11-15-17(19(5)7-8-20-15)16-13(3)9-12(2)10-14(16)4/h9-10,15,17-18H,6-8,11H2,1-5H3. The predicted octanol–water partition coefficient (Wildman–Crippen LogP) is 2.59. The number of nitrogens with one attached hydrogen (secondary N) is 1. The first kappa shape index (κ1) is 15.5. The molecule has 20 heavy (non-hydrogen) atoms. The van der Waals surface area contributed by atoms with Gasteiger partial charge < -0.3 is 10.1 Å². The second-order valence-electron chi connectivity index (χ2n) is 5.95. The number of hydrogen-bond donors (Lipinski definition) is 1. The molecule has 0 bridgehead atoms. The average Bonchev–Trinajstić information content (AvgIpc) is 2.37. The number of morpholine rings is 1. The summed E-state index contributed by atoms with van der Waals surface area (Å²) in [6, 6.07) is 4.92. The zero-order valence-corrected chi connectivity index (χ0v) is 13.5. The van der Waals surface area contributed by atoms with E-state index in [1.807, 2.05) is 0 Å². The molecule has 0 radical (unpaired) electrons. The summed E-state index contributed by atoms with van der Waals surface area (Å²) >= 11 is 0. The lowest BCUT2D eigenvalue weighted by atomic mass is 9.89. The van der Waals surface area contributed by atoms with Crippen molar-refractivity contribution in [2.75, 3.05) is 33.3 Å². The minimum Gasteiger partial charge on any atom is -0.374 e. The van der Waals surface area contributed by atoms with Crippen LogP contribution in [-0.4, -0.2) is 44.3 Å². The molecular weight excluding hydrogens is 248 g/mol. The highest BCUT2D eigenvalue weighted by atomic mass is 16.5. The van der Waals surface area contributed by atoms with Gasteiger partial charge in [-0.3, -0.25) is 4.90 Å². The fourth-order valence-electron chi connectivity index (χ4n) is 3.38. The number of ether oxygens (including phenoxy) is 1. The molecule has 0 spiro atoms. The Kier molecular flexibility index (Phi) is 5.19. The second kappa shape index (κ2) is 6.70. The summed E-state index contributed by atoms with van der Waals surface area (Å²) in [4.78, 5) is 2.44. The van der Waals surface area contributed by atoms with Crippen LogP contribution in [0, 0.1) is 20.8 Å². The van der Waals surface area contributed by atoms with Crippen molar-refractivity contribution < 1.29 is 4.74 Å². The van der Waals surface area contributed by atoms with Gasteiger partial charge in [-0.05, 0) is 51.1 Å². The first-order valence-electron chi connectivity index (χ1n) is 7.65. The van der Waals surface area contributed by atoms with Crippen molar-refractivity contribution in [1.29, 1.82) is 0 Å². The molecule has 1 fully saturated rings. The van der Waals surface area contributed by atoms with Gasteiger partial charge in [0, 0.05) is 13.1 Å². The Morgan fingerprint density at radius 2 is 1.90 bits per heavy atom. The van der Waals surface area contributed by atoms with Gasteiger partial charge in [-0.1, -0.05) is 24.6 Å². The molecule has 112 valence electrons.